The fourth-order valence-corrected chi connectivity index (χ4v) is 3.99. The highest BCUT2D eigenvalue weighted by molar-refractivity contribution is 4.89. The molecule has 0 heterocycles. The number of hydrogen-bond donors (Lipinski definition) is 1. The van der Waals surface area contributed by atoms with Crippen LogP contribution < -0.4 is 5.32 Å². The third kappa shape index (κ3) is 3.50. The van der Waals surface area contributed by atoms with Gasteiger partial charge in [-0.15, -0.1) is 0 Å². The summed E-state index contributed by atoms with van der Waals surface area (Å²) in [7, 11) is 0. The SMILES string of the molecule is CC(C)NCC1CCC(C(C)C)CC1C1CCC1. The summed E-state index contributed by atoms with van der Waals surface area (Å²) in [6.45, 7) is 10.7. The van der Waals surface area contributed by atoms with Crippen LogP contribution in [0.4, 0.5) is 0 Å². The van der Waals surface area contributed by atoms with Crippen LogP contribution in [0.15, 0.2) is 0 Å². The van der Waals surface area contributed by atoms with E-state index in [1.807, 2.05) is 0 Å². The monoisotopic (exact) mass is 251 g/mol. The molecule has 0 amide bonds. The molecule has 1 heteroatoms. The highest BCUT2D eigenvalue weighted by atomic mass is 14.9. The molecule has 2 aliphatic rings. The zero-order chi connectivity index (χ0) is 13.1. The van der Waals surface area contributed by atoms with E-state index in [4.69, 9.17) is 0 Å². The van der Waals surface area contributed by atoms with Gasteiger partial charge < -0.3 is 5.32 Å². The number of rotatable bonds is 5. The largest absolute Gasteiger partial charge is 0.314 e. The van der Waals surface area contributed by atoms with Crippen LogP contribution >= 0.6 is 0 Å². The van der Waals surface area contributed by atoms with Crippen LogP contribution in [-0.2, 0) is 0 Å². The molecule has 0 saturated heterocycles. The molecule has 18 heavy (non-hydrogen) atoms. The van der Waals surface area contributed by atoms with E-state index in [0.29, 0.717) is 6.04 Å². The van der Waals surface area contributed by atoms with E-state index >= 15 is 0 Å². The first-order valence-electron chi connectivity index (χ1n) is 8.31. The second-order valence-electron chi connectivity index (χ2n) is 7.50. The van der Waals surface area contributed by atoms with E-state index in [-0.39, 0.29) is 0 Å². The Morgan fingerprint density at radius 3 is 2.22 bits per heavy atom. The molecule has 2 fully saturated rings. The molecule has 2 saturated carbocycles. The van der Waals surface area contributed by atoms with Gasteiger partial charge in [0, 0.05) is 6.04 Å². The third-order valence-electron chi connectivity index (χ3n) is 5.58. The van der Waals surface area contributed by atoms with Crippen LogP contribution in [0, 0.1) is 29.6 Å². The maximum atomic E-state index is 3.69. The van der Waals surface area contributed by atoms with Crippen molar-refractivity contribution >= 4 is 0 Å². The van der Waals surface area contributed by atoms with Crippen LogP contribution in [0.2, 0.25) is 0 Å². The summed E-state index contributed by atoms with van der Waals surface area (Å²) < 4.78 is 0. The third-order valence-corrected chi connectivity index (χ3v) is 5.58. The molecule has 0 bridgehead atoms. The summed E-state index contributed by atoms with van der Waals surface area (Å²) >= 11 is 0. The van der Waals surface area contributed by atoms with Crippen molar-refractivity contribution in [3.63, 3.8) is 0 Å². The predicted octanol–water partition coefficient (Wildman–Crippen LogP) is 4.47. The topological polar surface area (TPSA) is 12.0 Å². The molecule has 1 N–H and O–H groups in total. The Balaban J connectivity index is 1.91. The molecule has 0 radical (unpaired) electrons. The average Bonchev–Trinajstić information content (AvgIpc) is 2.24. The van der Waals surface area contributed by atoms with Gasteiger partial charge in [0.25, 0.3) is 0 Å². The summed E-state index contributed by atoms with van der Waals surface area (Å²) in [6, 6.07) is 0.648. The van der Waals surface area contributed by atoms with E-state index in [1.54, 1.807) is 0 Å². The van der Waals surface area contributed by atoms with E-state index in [0.717, 1.165) is 29.6 Å². The van der Waals surface area contributed by atoms with Crippen molar-refractivity contribution in [3.8, 4) is 0 Å². The normalized spacial score (nSPS) is 34.0. The number of nitrogens with one attached hydrogen (secondary N) is 1. The maximum absolute atomic E-state index is 3.69. The molecule has 0 aliphatic heterocycles. The minimum atomic E-state index is 0.648. The van der Waals surface area contributed by atoms with Gasteiger partial charge >= 0.3 is 0 Å². The first-order chi connectivity index (χ1) is 8.58. The molecule has 3 atom stereocenters. The van der Waals surface area contributed by atoms with Gasteiger partial charge in [0.15, 0.2) is 0 Å². The van der Waals surface area contributed by atoms with Gasteiger partial charge in [-0.05, 0) is 55.4 Å². The van der Waals surface area contributed by atoms with Gasteiger partial charge in [-0.25, -0.2) is 0 Å². The standard InChI is InChI=1S/C17H33N/c1-12(2)15-8-9-16(11-18-13(3)4)17(10-15)14-6-5-7-14/h12-18H,5-11H2,1-4H3. The van der Waals surface area contributed by atoms with Crippen molar-refractivity contribution in [1.82, 2.24) is 5.32 Å². The molecular weight excluding hydrogens is 218 g/mol. The van der Waals surface area contributed by atoms with E-state index in [1.165, 1.54) is 45.1 Å². The Bertz CT molecular complexity index is 242. The van der Waals surface area contributed by atoms with Gasteiger partial charge in [-0.1, -0.05) is 47.0 Å². The molecule has 106 valence electrons. The Hall–Kier alpha value is -0.0400. The summed E-state index contributed by atoms with van der Waals surface area (Å²) in [5, 5.41) is 3.69. The van der Waals surface area contributed by atoms with Crippen LogP contribution in [0.3, 0.4) is 0 Å². The quantitative estimate of drug-likeness (QED) is 0.760. The Morgan fingerprint density at radius 1 is 1.00 bits per heavy atom. The molecule has 2 aliphatic carbocycles. The summed E-state index contributed by atoms with van der Waals surface area (Å²) in [6.07, 6.45) is 9.01. The Labute approximate surface area is 114 Å². The van der Waals surface area contributed by atoms with E-state index < -0.39 is 0 Å². The highest BCUT2D eigenvalue weighted by Crippen LogP contribution is 2.47. The zero-order valence-corrected chi connectivity index (χ0v) is 12.9. The molecule has 3 unspecified atom stereocenters. The highest BCUT2D eigenvalue weighted by Gasteiger charge is 2.38. The second-order valence-corrected chi connectivity index (χ2v) is 7.50. The van der Waals surface area contributed by atoms with Crippen LogP contribution in [-0.4, -0.2) is 12.6 Å². The van der Waals surface area contributed by atoms with Crippen molar-refractivity contribution in [2.75, 3.05) is 6.54 Å². The molecule has 0 spiro atoms. The van der Waals surface area contributed by atoms with Crippen LogP contribution in [0.1, 0.15) is 66.2 Å². The smallest absolute Gasteiger partial charge is 0.00104 e. The average molecular weight is 251 g/mol. The van der Waals surface area contributed by atoms with Crippen molar-refractivity contribution in [3.05, 3.63) is 0 Å². The lowest BCUT2D eigenvalue weighted by molar-refractivity contribution is 0.0591. The lowest BCUT2D eigenvalue weighted by Crippen LogP contribution is -2.41. The van der Waals surface area contributed by atoms with Crippen molar-refractivity contribution in [2.45, 2.75) is 72.3 Å². The molecule has 2 rings (SSSR count). The maximum Gasteiger partial charge on any atom is 0.00104 e. The minimum Gasteiger partial charge on any atom is -0.314 e. The Morgan fingerprint density at radius 2 is 1.72 bits per heavy atom. The van der Waals surface area contributed by atoms with Crippen molar-refractivity contribution < 1.29 is 0 Å². The minimum absolute atomic E-state index is 0.648. The van der Waals surface area contributed by atoms with Gasteiger partial charge in [0.2, 0.25) is 0 Å². The lowest BCUT2D eigenvalue weighted by Gasteiger charge is -2.45. The summed E-state index contributed by atoms with van der Waals surface area (Å²) in [5.74, 6) is 4.97. The lowest BCUT2D eigenvalue weighted by atomic mass is 9.61. The molecule has 1 nitrogen and oxygen atoms in total. The van der Waals surface area contributed by atoms with Gasteiger partial charge in [-0.3, -0.25) is 0 Å². The first kappa shape index (κ1) is 14.4. The fraction of sp³-hybridized carbons (Fsp3) is 1.00. The fourth-order valence-electron chi connectivity index (χ4n) is 3.99. The second kappa shape index (κ2) is 6.41. The van der Waals surface area contributed by atoms with Gasteiger partial charge in [0.05, 0.1) is 0 Å². The molecule has 0 aromatic carbocycles. The van der Waals surface area contributed by atoms with Crippen LogP contribution in [0.25, 0.3) is 0 Å². The molecule has 0 aromatic heterocycles. The molecular formula is C17H33N. The Kier molecular flexibility index (Phi) is 5.12. The summed E-state index contributed by atoms with van der Waals surface area (Å²) in [4.78, 5) is 0. The van der Waals surface area contributed by atoms with E-state index in [9.17, 15) is 0 Å². The van der Waals surface area contributed by atoms with E-state index in [2.05, 4.69) is 33.0 Å². The van der Waals surface area contributed by atoms with Gasteiger partial charge in [0.1, 0.15) is 0 Å². The predicted molar refractivity (Wildman–Crippen MR) is 79.6 cm³/mol. The van der Waals surface area contributed by atoms with Gasteiger partial charge in [-0.2, -0.15) is 0 Å². The first-order valence-corrected chi connectivity index (χ1v) is 8.31. The van der Waals surface area contributed by atoms with Crippen molar-refractivity contribution in [2.24, 2.45) is 29.6 Å². The molecule has 0 aromatic rings. The zero-order valence-electron chi connectivity index (χ0n) is 12.9. The van der Waals surface area contributed by atoms with Crippen molar-refractivity contribution in [1.29, 1.82) is 0 Å². The van der Waals surface area contributed by atoms with Crippen LogP contribution in [0.5, 0.6) is 0 Å². The number of hydrogen-bond acceptors (Lipinski definition) is 1. The summed E-state index contributed by atoms with van der Waals surface area (Å²) in [5.41, 5.74) is 0.